The average Bonchev–Trinajstić information content (AvgIpc) is 3.23. The maximum absolute atomic E-state index is 6.45. The number of hydrogen-bond donors (Lipinski definition) is 1. The van der Waals surface area contributed by atoms with Gasteiger partial charge in [0, 0.05) is 24.6 Å². The van der Waals surface area contributed by atoms with Crippen molar-refractivity contribution in [2.24, 2.45) is 4.99 Å². The highest BCUT2D eigenvalue weighted by molar-refractivity contribution is 6.41. The number of ether oxygens (including phenoxy) is 2. The number of methoxy groups -OCH3 is 2. The van der Waals surface area contributed by atoms with Gasteiger partial charge in [0.2, 0.25) is 0 Å². The fraction of sp³-hybridized carbons (Fsp3) is 0.240. The monoisotopic (exact) mass is 454 g/mol. The minimum atomic E-state index is 0.411. The maximum atomic E-state index is 6.45. The first-order chi connectivity index (χ1) is 15.0. The van der Waals surface area contributed by atoms with Crippen molar-refractivity contribution in [2.45, 2.75) is 13.3 Å². The highest BCUT2D eigenvalue weighted by Gasteiger charge is 2.19. The average molecular weight is 455 g/mol. The number of hydrogen-bond acceptors (Lipinski definition) is 4. The molecule has 1 N–H and O–H groups in total. The lowest BCUT2D eigenvalue weighted by atomic mass is 9.97. The summed E-state index contributed by atoms with van der Waals surface area (Å²) in [6, 6.07) is 9.87. The second-order valence-electron chi connectivity index (χ2n) is 6.95. The van der Waals surface area contributed by atoms with Crippen molar-refractivity contribution >= 4 is 34.6 Å². The van der Waals surface area contributed by atoms with Gasteiger partial charge in [-0.25, -0.2) is 0 Å². The minimum absolute atomic E-state index is 0.411. The van der Waals surface area contributed by atoms with E-state index in [4.69, 9.17) is 37.7 Å². The molecule has 6 heteroatoms. The molecule has 0 unspecified atom stereocenters. The molecule has 0 radical (unpaired) electrons. The first-order valence-corrected chi connectivity index (χ1v) is 10.5. The molecule has 0 fully saturated rings. The molecule has 4 nitrogen and oxygen atoms in total. The van der Waals surface area contributed by atoms with Gasteiger partial charge in [0.25, 0.3) is 0 Å². The number of allylic oxidation sites excluding steroid dienone is 2. The number of nitrogens with one attached hydrogen (secondary N) is 1. The topological polar surface area (TPSA) is 42.9 Å². The van der Waals surface area contributed by atoms with E-state index in [0.29, 0.717) is 46.7 Å². The van der Waals surface area contributed by atoms with E-state index >= 15 is 0 Å². The Kier molecular flexibility index (Phi) is 7.68. The fourth-order valence-corrected chi connectivity index (χ4v) is 3.99. The number of aliphatic imine (C=N–C) groups is 1. The third-order valence-corrected chi connectivity index (χ3v) is 5.61. The van der Waals surface area contributed by atoms with Crippen LogP contribution in [0.25, 0.3) is 0 Å². The Morgan fingerprint density at radius 3 is 2.48 bits per heavy atom. The zero-order valence-electron chi connectivity index (χ0n) is 17.8. The van der Waals surface area contributed by atoms with E-state index < -0.39 is 0 Å². The molecule has 31 heavy (non-hydrogen) atoms. The Morgan fingerprint density at radius 2 is 1.84 bits per heavy atom. The van der Waals surface area contributed by atoms with Gasteiger partial charge in [-0.2, -0.15) is 0 Å². The van der Waals surface area contributed by atoms with E-state index in [9.17, 15) is 0 Å². The van der Waals surface area contributed by atoms with E-state index in [1.165, 1.54) is 0 Å². The van der Waals surface area contributed by atoms with Gasteiger partial charge in [0.1, 0.15) is 21.5 Å². The highest BCUT2D eigenvalue weighted by atomic mass is 35.5. The van der Waals surface area contributed by atoms with Crippen LogP contribution >= 0.6 is 23.2 Å². The van der Waals surface area contributed by atoms with Crippen LogP contribution in [-0.4, -0.2) is 33.0 Å². The summed E-state index contributed by atoms with van der Waals surface area (Å²) in [5.41, 5.74) is 5.77. The standard InChI is InChI=1S/C25H24Cl2N2O2/c1-5-8-16(2)11-18-9-6-7-10-19(18)20-12-17(14-28-20)15-29-25-23(26)21(30-3)13-22(31-4)24(25)27/h6-7,9-10,12-13,29H,2,11,14-15H2,1,3-4H3. The molecule has 2 aromatic rings. The first-order valence-electron chi connectivity index (χ1n) is 9.75. The predicted molar refractivity (Wildman–Crippen MR) is 130 cm³/mol. The van der Waals surface area contributed by atoms with E-state index in [1.807, 2.05) is 19.1 Å². The smallest absolute Gasteiger partial charge is 0.143 e. The van der Waals surface area contributed by atoms with Crippen LogP contribution in [0.1, 0.15) is 18.1 Å². The van der Waals surface area contributed by atoms with Crippen LogP contribution in [0.15, 0.2) is 59.1 Å². The van der Waals surface area contributed by atoms with Crippen molar-refractivity contribution < 1.29 is 9.47 Å². The van der Waals surface area contributed by atoms with E-state index in [0.717, 1.165) is 28.0 Å². The van der Waals surface area contributed by atoms with Crippen molar-refractivity contribution in [3.05, 3.63) is 75.3 Å². The number of halogens is 2. The molecule has 0 aromatic heterocycles. The zero-order valence-corrected chi connectivity index (χ0v) is 19.3. The summed E-state index contributed by atoms with van der Waals surface area (Å²) in [5, 5.41) is 4.13. The lowest BCUT2D eigenvalue weighted by molar-refractivity contribution is 0.395. The van der Waals surface area contributed by atoms with E-state index in [1.54, 1.807) is 20.3 Å². The molecule has 1 heterocycles. The molecule has 0 saturated carbocycles. The minimum Gasteiger partial charge on any atom is -0.495 e. The van der Waals surface area contributed by atoms with Crippen LogP contribution in [0.5, 0.6) is 11.5 Å². The molecule has 160 valence electrons. The third kappa shape index (κ3) is 5.25. The van der Waals surface area contributed by atoms with Crippen molar-refractivity contribution in [3.8, 4) is 23.3 Å². The quantitative estimate of drug-likeness (QED) is 0.499. The SMILES string of the molecule is C=C(C#CC)Cc1ccccc1C1=NCC(CNc2c(Cl)c(OC)cc(OC)c2Cl)=C1. The van der Waals surface area contributed by atoms with Gasteiger partial charge >= 0.3 is 0 Å². The Balaban J connectivity index is 1.78. The van der Waals surface area contributed by atoms with E-state index in [2.05, 4.69) is 41.9 Å². The summed E-state index contributed by atoms with van der Waals surface area (Å²) < 4.78 is 10.7. The van der Waals surface area contributed by atoms with Gasteiger partial charge in [-0.3, -0.25) is 4.99 Å². The molecule has 0 spiro atoms. The van der Waals surface area contributed by atoms with Crippen LogP contribution in [0, 0.1) is 11.8 Å². The number of nitrogens with zero attached hydrogens (tertiary/aromatic N) is 1. The van der Waals surface area contributed by atoms with Gasteiger partial charge in [-0.15, -0.1) is 5.92 Å². The highest BCUT2D eigenvalue weighted by Crippen LogP contribution is 2.44. The summed E-state index contributed by atoms with van der Waals surface area (Å²) in [4.78, 5) is 4.73. The number of anilines is 1. The Hall–Kier alpha value is -2.87. The molecule has 1 aliphatic rings. The second kappa shape index (κ2) is 10.4. The predicted octanol–water partition coefficient (Wildman–Crippen LogP) is 5.97. The molecule has 2 aromatic carbocycles. The summed E-state index contributed by atoms with van der Waals surface area (Å²) >= 11 is 12.9. The first kappa shape index (κ1) is 22.8. The van der Waals surface area contributed by atoms with Crippen molar-refractivity contribution in [1.82, 2.24) is 0 Å². The molecule has 0 amide bonds. The van der Waals surface area contributed by atoms with Crippen LogP contribution in [0.3, 0.4) is 0 Å². The molecule has 1 aliphatic heterocycles. The number of benzene rings is 2. The van der Waals surface area contributed by atoms with Crippen molar-refractivity contribution in [1.29, 1.82) is 0 Å². The largest absolute Gasteiger partial charge is 0.495 e. The lowest BCUT2D eigenvalue weighted by Gasteiger charge is -2.16. The van der Waals surface area contributed by atoms with Crippen LogP contribution < -0.4 is 14.8 Å². The number of rotatable bonds is 8. The second-order valence-corrected chi connectivity index (χ2v) is 7.71. The van der Waals surface area contributed by atoms with Gasteiger partial charge in [-0.05, 0) is 29.7 Å². The van der Waals surface area contributed by atoms with Gasteiger partial charge in [0.05, 0.1) is 32.2 Å². The fourth-order valence-electron chi connectivity index (χ4n) is 3.36. The third-order valence-electron chi connectivity index (χ3n) is 4.86. The lowest BCUT2D eigenvalue weighted by Crippen LogP contribution is -2.08. The molecule has 0 bridgehead atoms. The Labute approximate surface area is 193 Å². The normalized spacial score (nSPS) is 12.4. The molecule has 0 saturated heterocycles. The Bertz CT molecular complexity index is 1100. The molecule has 0 atom stereocenters. The molecular formula is C25H24Cl2N2O2. The summed E-state index contributed by atoms with van der Waals surface area (Å²) in [5.74, 6) is 6.92. The summed E-state index contributed by atoms with van der Waals surface area (Å²) in [7, 11) is 3.10. The molecular weight excluding hydrogens is 431 g/mol. The van der Waals surface area contributed by atoms with Crippen LogP contribution in [-0.2, 0) is 6.42 Å². The van der Waals surface area contributed by atoms with Crippen LogP contribution in [0.2, 0.25) is 10.0 Å². The van der Waals surface area contributed by atoms with Gasteiger partial charge in [0.15, 0.2) is 0 Å². The zero-order chi connectivity index (χ0) is 22.4. The van der Waals surface area contributed by atoms with Crippen LogP contribution in [0.4, 0.5) is 5.69 Å². The summed E-state index contributed by atoms with van der Waals surface area (Å²) in [6.07, 6.45) is 2.80. The Morgan fingerprint density at radius 1 is 1.16 bits per heavy atom. The van der Waals surface area contributed by atoms with Gasteiger partial charge < -0.3 is 14.8 Å². The van der Waals surface area contributed by atoms with Crippen molar-refractivity contribution in [2.75, 3.05) is 32.6 Å². The van der Waals surface area contributed by atoms with Crippen molar-refractivity contribution in [3.63, 3.8) is 0 Å². The maximum Gasteiger partial charge on any atom is 0.143 e. The molecule has 3 rings (SSSR count). The summed E-state index contributed by atoms with van der Waals surface area (Å²) in [6.45, 7) is 7.00. The molecule has 0 aliphatic carbocycles. The van der Waals surface area contributed by atoms with E-state index in [-0.39, 0.29) is 0 Å². The van der Waals surface area contributed by atoms with Gasteiger partial charge in [-0.1, -0.05) is 60.0 Å².